The van der Waals surface area contributed by atoms with Crippen molar-refractivity contribution in [3.63, 3.8) is 0 Å². The van der Waals surface area contributed by atoms with Crippen molar-refractivity contribution >= 4 is 12.1 Å². The minimum absolute atomic E-state index is 0.237. The molecule has 0 aliphatic carbocycles. The van der Waals surface area contributed by atoms with Gasteiger partial charge in [0.05, 0.1) is 13.3 Å². The Kier molecular flexibility index (Phi) is 3.94. The van der Waals surface area contributed by atoms with Crippen LogP contribution in [0.25, 0.3) is 0 Å². The molecule has 1 heterocycles. The number of nitrogens with zero attached hydrogens (tertiary/aromatic N) is 3. The lowest BCUT2D eigenvalue weighted by molar-refractivity contribution is 0.0957. The molecule has 0 unspecified atom stereocenters. The average molecular weight is 275 g/mol. The van der Waals surface area contributed by atoms with Crippen LogP contribution < -0.4 is 15.6 Å². The lowest BCUT2D eigenvalue weighted by Crippen LogP contribution is -2.26. The summed E-state index contributed by atoms with van der Waals surface area (Å²) >= 11 is 0. The molecule has 1 amide bonds. The third-order valence-electron chi connectivity index (χ3n) is 2.53. The van der Waals surface area contributed by atoms with Crippen LogP contribution in [0.3, 0.4) is 0 Å². The van der Waals surface area contributed by atoms with E-state index in [0.717, 1.165) is 16.1 Å². The standard InChI is InChI=1S/C12H13N5O3/c1-13-11(18)10-12(19)17(16-15-10)14-7-8-3-5-9(20-2)6-4-8/h3-7,16H,1-2H3,(H,13,18). The second kappa shape index (κ2) is 5.83. The maximum atomic E-state index is 11.8. The number of aromatic nitrogens is 3. The molecule has 20 heavy (non-hydrogen) atoms. The number of carbonyl (C=O) groups excluding carboxylic acids is 1. The van der Waals surface area contributed by atoms with Gasteiger partial charge < -0.3 is 10.1 Å². The molecule has 2 N–H and O–H groups in total. The molecular formula is C12H13N5O3. The van der Waals surface area contributed by atoms with Crippen molar-refractivity contribution in [1.82, 2.24) is 20.4 Å². The summed E-state index contributed by atoms with van der Waals surface area (Å²) in [4.78, 5) is 24.0. The van der Waals surface area contributed by atoms with Crippen LogP contribution in [0, 0.1) is 0 Å². The number of H-pyrrole nitrogens is 1. The maximum Gasteiger partial charge on any atom is 0.320 e. The van der Waals surface area contributed by atoms with Crippen LogP contribution in [0.5, 0.6) is 5.75 Å². The van der Waals surface area contributed by atoms with E-state index in [1.165, 1.54) is 13.3 Å². The Morgan fingerprint density at radius 1 is 1.45 bits per heavy atom. The molecule has 0 atom stereocenters. The number of hydrogen-bond acceptors (Lipinski definition) is 5. The molecule has 0 fully saturated rings. The first kappa shape index (κ1) is 13.5. The van der Waals surface area contributed by atoms with Gasteiger partial charge in [0.25, 0.3) is 5.91 Å². The van der Waals surface area contributed by atoms with Crippen molar-refractivity contribution in [2.75, 3.05) is 14.2 Å². The van der Waals surface area contributed by atoms with Crippen LogP contribution in [0.4, 0.5) is 0 Å². The molecule has 0 aliphatic heterocycles. The molecule has 1 aromatic carbocycles. The summed E-state index contributed by atoms with van der Waals surface area (Å²) in [6, 6.07) is 7.10. The second-order valence-electron chi connectivity index (χ2n) is 3.77. The highest BCUT2D eigenvalue weighted by Crippen LogP contribution is 2.09. The highest BCUT2D eigenvalue weighted by Gasteiger charge is 2.14. The van der Waals surface area contributed by atoms with Crippen LogP contribution in [0.15, 0.2) is 34.2 Å². The number of carbonyl (C=O) groups is 1. The number of rotatable bonds is 4. The highest BCUT2D eigenvalue weighted by molar-refractivity contribution is 5.91. The van der Waals surface area contributed by atoms with E-state index in [4.69, 9.17) is 4.74 Å². The van der Waals surface area contributed by atoms with E-state index >= 15 is 0 Å². The fraction of sp³-hybridized carbons (Fsp3) is 0.167. The lowest BCUT2D eigenvalue weighted by Gasteiger charge is -1.98. The van der Waals surface area contributed by atoms with Gasteiger partial charge in [-0.15, -0.1) is 9.89 Å². The van der Waals surface area contributed by atoms with Gasteiger partial charge >= 0.3 is 5.56 Å². The molecule has 2 aromatic rings. The third-order valence-corrected chi connectivity index (χ3v) is 2.53. The van der Waals surface area contributed by atoms with Crippen molar-refractivity contribution in [3.8, 4) is 5.75 Å². The monoisotopic (exact) mass is 275 g/mol. The number of amides is 1. The first-order valence-corrected chi connectivity index (χ1v) is 5.73. The fourth-order valence-corrected chi connectivity index (χ4v) is 1.45. The summed E-state index contributed by atoms with van der Waals surface area (Å²) < 4.78 is 5.03. The number of nitrogens with one attached hydrogen (secondary N) is 2. The molecule has 0 bridgehead atoms. The van der Waals surface area contributed by atoms with E-state index < -0.39 is 11.5 Å². The number of benzene rings is 1. The van der Waals surface area contributed by atoms with E-state index in [-0.39, 0.29) is 5.69 Å². The van der Waals surface area contributed by atoms with Gasteiger partial charge in [0.15, 0.2) is 0 Å². The van der Waals surface area contributed by atoms with Crippen molar-refractivity contribution < 1.29 is 9.53 Å². The molecular weight excluding hydrogens is 262 g/mol. The summed E-state index contributed by atoms with van der Waals surface area (Å²) in [5.74, 6) is 0.160. The summed E-state index contributed by atoms with van der Waals surface area (Å²) in [7, 11) is 3.00. The molecule has 0 spiro atoms. The maximum absolute atomic E-state index is 11.8. The first-order chi connectivity index (χ1) is 9.65. The predicted molar refractivity (Wildman–Crippen MR) is 72.2 cm³/mol. The molecule has 0 radical (unpaired) electrons. The summed E-state index contributed by atoms with van der Waals surface area (Å²) in [5, 5.41) is 12.2. The van der Waals surface area contributed by atoms with Crippen molar-refractivity contribution in [2.45, 2.75) is 0 Å². The van der Waals surface area contributed by atoms with Gasteiger partial charge in [0, 0.05) is 7.05 Å². The van der Waals surface area contributed by atoms with Gasteiger partial charge in [-0.05, 0) is 29.8 Å². The normalized spacial score (nSPS) is 10.7. The second-order valence-corrected chi connectivity index (χ2v) is 3.77. The topological polar surface area (TPSA) is 101 Å². The quantitative estimate of drug-likeness (QED) is 0.756. The third kappa shape index (κ3) is 2.74. The zero-order valence-electron chi connectivity index (χ0n) is 11.0. The Balaban J connectivity index is 2.21. The lowest BCUT2D eigenvalue weighted by atomic mass is 10.2. The van der Waals surface area contributed by atoms with Crippen molar-refractivity contribution in [1.29, 1.82) is 0 Å². The minimum Gasteiger partial charge on any atom is -0.497 e. The molecule has 0 saturated carbocycles. The van der Waals surface area contributed by atoms with E-state index in [9.17, 15) is 9.59 Å². The molecule has 1 aromatic heterocycles. The minimum atomic E-state index is -0.617. The van der Waals surface area contributed by atoms with Gasteiger partial charge in [-0.1, -0.05) is 0 Å². The Bertz CT molecular complexity index is 684. The van der Waals surface area contributed by atoms with Gasteiger partial charge in [-0.2, -0.15) is 10.3 Å². The summed E-state index contributed by atoms with van der Waals surface area (Å²) in [5.41, 5.74) is -0.0812. The molecule has 0 aliphatic rings. The van der Waals surface area contributed by atoms with Gasteiger partial charge in [-0.25, -0.2) is 0 Å². The molecule has 2 rings (SSSR count). The smallest absolute Gasteiger partial charge is 0.320 e. The Labute approximate surface area is 114 Å². The van der Waals surface area contributed by atoms with Crippen LogP contribution in [0.2, 0.25) is 0 Å². The molecule has 8 heteroatoms. The summed E-state index contributed by atoms with van der Waals surface area (Å²) in [6.07, 6.45) is 1.46. The van der Waals surface area contributed by atoms with Crippen molar-refractivity contribution in [3.05, 3.63) is 45.9 Å². The predicted octanol–water partition coefficient (Wildman–Crippen LogP) is -0.178. The van der Waals surface area contributed by atoms with E-state index in [1.807, 2.05) is 0 Å². The molecule has 0 saturated heterocycles. The Hall–Kier alpha value is -2.90. The molecule has 104 valence electrons. The Morgan fingerprint density at radius 3 is 2.75 bits per heavy atom. The number of hydrogen-bond donors (Lipinski definition) is 2. The summed E-state index contributed by atoms with van der Waals surface area (Å²) in [6.45, 7) is 0. The van der Waals surface area contributed by atoms with E-state index in [2.05, 4.69) is 20.7 Å². The van der Waals surface area contributed by atoms with Crippen molar-refractivity contribution in [2.24, 2.45) is 5.10 Å². The number of ether oxygens (including phenoxy) is 1. The molecule has 8 nitrogen and oxygen atoms in total. The fourth-order valence-electron chi connectivity index (χ4n) is 1.45. The SMILES string of the molecule is CNC(=O)c1n[nH]n(N=Cc2ccc(OC)cc2)c1=O. The van der Waals surface area contributed by atoms with Gasteiger partial charge in [0.1, 0.15) is 5.75 Å². The Morgan fingerprint density at radius 2 is 2.15 bits per heavy atom. The van der Waals surface area contributed by atoms with Gasteiger partial charge in [-0.3, -0.25) is 9.59 Å². The van der Waals surface area contributed by atoms with Crippen LogP contribution in [-0.2, 0) is 0 Å². The number of methoxy groups -OCH3 is 1. The largest absolute Gasteiger partial charge is 0.497 e. The van der Waals surface area contributed by atoms with E-state index in [0.29, 0.717) is 0 Å². The van der Waals surface area contributed by atoms with Crippen LogP contribution >= 0.6 is 0 Å². The van der Waals surface area contributed by atoms with E-state index in [1.54, 1.807) is 31.4 Å². The van der Waals surface area contributed by atoms with Crippen LogP contribution in [-0.4, -0.2) is 41.4 Å². The number of aromatic amines is 1. The van der Waals surface area contributed by atoms with Gasteiger partial charge in [0.2, 0.25) is 5.69 Å². The zero-order chi connectivity index (χ0) is 14.5. The van der Waals surface area contributed by atoms with Crippen LogP contribution in [0.1, 0.15) is 16.1 Å². The zero-order valence-corrected chi connectivity index (χ0v) is 11.0. The average Bonchev–Trinajstić information content (AvgIpc) is 2.86. The highest BCUT2D eigenvalue weighted by atomic mass is 16.5. The first-order valence-electron chi connectivity index (χ1n) is 5.73.